The van der Waals surface area contributed by atoms with Gasteiger partial charge in [0.15, 0.2) is 0 Å². The average molecular weight is 404 g/mol. The summed E-state index contributed by atoms with van der Waals surface area (Å²) in [6.45, 7) is 0. The molecule has 2 aromatic heterocycles. The van der Waals surface area contributed by atoms with E-state index in [9.17, 15) is 15.3 Å². The Labute approximate surface area is 149 Å². The Bertz CT molecular complexity index is 940. The lowest BCUT2D eigenvalue weighted by Gasteiger charge is -2.08. The molecule has 8 heteroatoms. The van der Waals surface area contributed by atoms with Crippen molar-refractivity contribution in [3.63, 3.8) is 0 Å². The summed E-state index contributed by atoms with van der Waals surface area (Å²) >= 11 is 4.92. The van der Waals surface area contributed by atoms with Crippen LogP contribution in [0.1, 0.15) is 10.6 Å². The van der Waals surface area contributed by atoms with Gasteiger partial charge >= 0.3 is 5.82 Å². The molecule has 0 amide bonds. The van der Waals surface area contributed by atoms with Crippen LogP contribution < -0.4 is 4.73 Å². The number of nitro benzene ring substituents is 1. The normalized spacial score (nSPS) is 11.0. The van der Waals surface area contributed by atoms with Gasteiger partial charge in [-0.25, -0.2) is 4.73 Å². The van der Waals surface area contributed by atoms with Crippen LogP contribution in [0, 0.1) is 15.3 Å². The van der Waals surface area contributed by atoms with E-state index in [0.717, 1.165) is 9.35 Å². The molecule has 0 saturated carbocycles. The van der Waals surface area contributed by atoms with Crippen molar-refractivity contribution in [2.75, 3.05) is 0 Å². The fourth-order valence-corrected chi connectivity index (χ4v) is 3.42. The van der Waals surface area contributed by atoms with Crippen molar-refractivity contribution >= 4 is 45.1 Å². The molecule has 0 aliphatic heterocycles. The van der Waals surface area contributed by atoms with Gasteiger partial charge in [0.1, 0.15) is 11.9 Å². The zero-order valence-corrected chi connectivity index (χ0v) is 14.5. The highest BCUT2D eigenvalue weighted by atomic mass is 79.9. The van der Waals surface area contributed by atoms with Gasteiger partial charge in [0.05, 0.1) is 10.5 Å². The molecule has 3 aromatic rings. The highest BCUT2D eigenvalue weighted by molar-refractivity contribution is 9.10. The Kier molecular flexibility index (Phi) is 4.68. The van der Waals surface area contributed by atoms with Crippen LogP contribution >= 0.6 is 27.3 Å². The number of benzene rings is 1. The SMILES string of the molecule is O=[N+]([O-])c1cccc(-c2nccc(/C=C/c3cc(Br)cs3)[n+]2[O-])c1. The quantitative estimate of drug-likeness (QED) is 0.281. The minimum absolute atomic E-state index is 0.0846. The van der Waals surface area contributed by atoms with Gasteiger partial charge in [-0.2, -0.15) is 0 Å². The molecule has 0 radical (unpaired) electrons. The van der Waals surface area contributed by atoms with Gasteiger partial charge < -0.3 is 5.21 Å². The summed E-state index contributed by atoms with van der Waals surface area (Å²) in [7, 11) is 0. The summed E-state index contributed by atoms with van der Waals surface area (Å²) in [6.07, 6.45) is 5.02. The Morgan fingerprint density at radius 1 is 1.25 bits per heavy atom. The predicted molar refractivity (Wildman–Crippen MR) is 96.2 cm³/mol. The molecule has 1 aromatic carbocycles. The Morgan fingerprint density at radius 3 is 2.79 bits per heavy atom. The maximum Gasteiger partial charge on any atom is 0.333 e. The van der Waals surface area contributed by atoms with E-state index in [1.54, 1.807) is 29.5 Å². The summed E-state index contributed by atoms with van der Waals surface area (Å²) in [4.78, 5) is 15.4. The maximum atomic E-state index is 12.5. The molecular weight excluding hydrogens is 394 g/mol. The smallest absolute Gasteiger partial charge is 0.333 e. The number of hydrogen-bond acceptors (Lipinski definition) is 5. The minimum atomic E-state index is -0.503. The highest BCUT2D eigenvalue weighted by Crippen LogP contribution is 2.22. The van der Waals surface area contributed by atoms with Crippen molar-refractivity contribution in [1.82, 2.24) is 4.98 Å². The first-order chi connectivity index (χ1) is 11.5. The summed E-state index contributed by atoms with van der Waals surface area (Å²) in [5, 5.41) is 25.3. The molecule has 120 valence electrons. The zero-order valence-electron chi connectivity index (χ0n) is 12.1. The first-order valence-electron chi connectivity index (χ1n) is 6.80. The molecule has 0 fully saturated rings. The highest BCUT2D eigenvalue weighted by Gasteiger charge is 2.16. The van der Waals surface area contributed by atoms with Gasteiger partial charge in [0.2, 0.25) is 0 Å². The molecule has 0 saturated heterocycles. The van der Waals surface area contributed by atoms with Gasteiger partial charge in [0, 0.05) is 32.9 Å². The standard InChI is InChI=1S/C16H10BrN3O3S/c17-12-9-15(24-10-12)5-4-13-6-7-18-16(19(13)21)11-2-1-3-14(8-11)20(22)23/h1-10H/b5-4+. The number of non-ortho nitro benzene ring substituents is 1. The van der Waals surface area contributed by atoms with E-state index in [1.807, 2.05) is 17.5 Å². The van der Waals surface area contributed by atoms with Crippen molar-refractivity contribution in [2.24, 2.45) is 0 Å². The average Bonchev–Trinajstić information content (AvgIpc) is 2.99. The van der Waals surface area contributed by atoms with Gasteiger partial charge in [-0.3, -0.25) is 10.1 Å². The van der Waals surface area contributed by atoms with E-state index in [-0.39, 0.29) is 11.5 Å². The lowest BCUT2D eigenvalue weighted by atomic mass is 10.2. The number of nitro groups is 1. The van der Waals surface area contributed by atoms with Crippen molar-refractivity contribution in [3.8, 4) is 11.4 Å². The monoisotopic (exact) mass is 403 g/mol. The van der Waals surface area contributed by atoms with Crippen LogP contribution in [0.25, 0.3) is 23.5 Å². The first-order valence-corrected chi connectivity index (χ1v) is 8.47. The fraction of sp³-hybridized carbons (Fsp3) is 0. The van der Waals surface area contributed by atoms with Crippen molar-refractivity contribution < 1.29 is 9.65 Å². The summed E-state index contributed by atoms with van der Waals surface area (Å²) in [5.41, 5.74) is 0.711. The van der Waals surface area contributed by atoms with Crippen LogP contribution in [-0.2, 0) is 0 Å². The van der Waals surface area contributed by atoms with Crippen LogP contribution in [-0.4, -0.2) is 9.91 Å². The lowest BCUT2D eigenvalue weighted by Crippen LogP contribution is -2.33. The van der Waals surface area contributed by atoms with Gasteiger partial charge in [-0.05, 0) is 45.2 Å². The van der Waals surface area contributed by atoms with E-state index in [1.165, 1.54) is 24.4 Å². The topological polar surface area (TPSA) is 83.0 Å². The summed E-state index contributed by atoms with van der Waals surface area (Å²) < 4.78 is 1.65. The number of aromatic nitrogens is 2. The molecule has 0 bridgehead atoms. The molecule has 2 heterocycles. The van der Waals surface area contributed by atoms with Crippen LogP contribution in [0.3, 0.4) is 0 Å². The minimum Gasteiger partial charge on any atom is -0.710 e. The Balaban J connectivity index is 1.98. The van der Waals surface area contributed by atoms with Gasteiger partial charge in [-0.1, -0.05) is 6.07 Å². The fourth-order valence-electron chi connectivity index (χ4n) is 2.08. The molecule has 0 atom stereocenters. The molecule has 0 unspecified atom stereocenters. The molecule has 3 rings (SSSR count). The molecule has 24 heavy (non-hydrogen) atoms. The van der Waals surface area contributed by atoms with Crippen LogP contribution in [0.2, 0.25) is 0 Å². The molecule has 0 spiro atoms. The third kappa shape index (κ3) is 3.50. The predicted octanol–water partition coefficient (Wildman–Crippen LogP) is 4.28. The Hall–Kier alpha value is -2.58. The second kappa shape index (κ2) is 6.90. The Morgan fingerprint density at radius 2 is 2.08 bits per heavy atom. The maximum absolute atomic E-state index is 12.5. The van der Waals surface area contributed by atoms with E-state index >= 15 is 0 Å². The van der Waals surface area contributed by atoms with E-state index in [2.05, 4.69) is 20.9 Å². The second-order valence-corrected chi connectivity index (χ2v) is 6.65. The third-order valence-corrected chi connectivity index (χ3v) is 4.85. The summed E-state index contributed by atoms with van der Waals surface area (Å²) in [5.74, 6) is 0.119. The van der Waals surface area contributed by atoms with Gasteiger partial charge in [0.25, 0.3) is 5.69 Å². The zero-order chi connectivity index (χ0) is 17.1. The van der Waals surface area contributed by atoms with Gasteiger partial charge in [-0.15, -0.1) is 11.3 Å². The van der Waals surface area contributed by atoms with E-state index < -0.39 is 4.92 Å². The van der Waals surface area contributed by atoms with Crippen molar-refractivity contribution in [3.05, 3.63) is 78.3 Å². The van der Waals surface area contributed by atoms with Crippen LogP contribution in [0.15, 0.2) is 52.4 Å². The molecule has 6 nitrogen and oxygen atoms in total. The molecule has 0 N–H and O–H groups in total. The molecular formula is C16H10BrN3O3S. The summed E-state index contributed by atoms with van der Waals surface area (Å²) in [6, 6.07) is 9.39. The van der Waals surface area contributed by atoms with E-state index in [4.69, 9.17) is 0 Å². The second-order valence-electron chi connectivity index (χ2n) is 4.80. The van der Waals surface area contributed by atoms with Crippen molar-refractivity contribution in [2.45, 2.75) is 0 Å². The van der Waals surface area contributed by atoms with Crippen LogP contribution in [0.5, 0.6) is 0 Å². The lowest BCUT2D eigenvalue weighted by molar-refractivity contribution is -0.598. The largest absolute Gasteiger partial charge is 0.710 e. The number of hydrogen-bond donors (Lipinski definition) is 0. The number of thiophene rings is 1. The number of halogens is 1. The number of nitrogens with zero attached hydrogens (tertiary/aromatic N) is 3. The van der Waals surface area contributed by atoms with Crippen molar-refractivity contribution in [1.29, 1.82) is 0 Å². The molecule has 0 aliphatic rings. The van der Waals surface area contributed by atoms with Crippen LogP contribution in [0.4, 0.5) is 5.69 Å². The van der Waals surface area contributed by atoms with E-state index in [0.29, 0.717) is 16.0 Å². The third-order valence-electron chi connectivity index (χ3n) is 3.19. The number of rotatable bonds is 4. The molecule has 0 aliphatic carbocycles. The first kappa shape index (κ1) is 16.3.